The SMILES string of the molecule is Cc1nc(C(F)(F)F)oc1C(=O)NC1(CN(C)C(=O)C(C)c2ccc3ccccc3c2)CC1. The van der Waals surface area contributed by atoms with Crippen LogP contribution >= 0.6 is 0 Å². The number of hydrogen-bond acceptors (Lipinski definition) is 4. The number of halogens is 3. The number of oxazole rings is 1. The fraction of sp³-hybridized carbons (Fsp3) is 0.375. The van der Waals surface area contributed by atoms with Gasteiger partial charge in [-0.3, -0.25) is 9.59 Å². The van der Waals surface area contributed by atoms with Gasteiger partial charge in [0.15, 0.2) is 0 Å². The molecule has 1 unspecified atom stereocenters. The molecule has 1 N–H and O–H groups in total. The predicted molar refractivity (Wildman–Crippen MR) is 116 cm³/mol. The Morgan fingerprint density at radius 3 is 2.45 bits per heavy atom. The second kappa shape index (κ2) is 8.20. The maximum Gasteiger partial charge on any atom is 0.468 e. The number of aromatic nitrogens is 1. The van der Waals surface area contributed by atoms with Crippen molar-refractivity contribution in [1.29, 1.82) is 0 Å². The largest absolute Gasteiger partial charge is 0.468 e. The second-order valence-electron chi connectivity index (χ2n) is 8.69. The molecule has 174 valence electrons. The van der Waals surface area contributed by atoms with Gasteiger partial charge in [-0.05, 0) is 43.0 Å². The van der Waals surface area contributed by atoms with Crippen molar-refractivity contribution < 1.29 is 27.2 Å². The van der Waals surface area contributed by atoms with Crippen molar-refractivity contribution in [3.63, 3.8) is 0 Å². The van der Waals surface area contributed by atoms with Crippen LogP contribution < -0.4 is 5.32 Å². The average Bonchev–Trinajstić information content (AvgIpc) is 3.39. The van der Waals surface area contributed by atoms with Crippen molar-refractivity contribution in [2.75, 3.05) is 13.6 Å². The van der Waals surface area contributed by atoms with Crippen molar-refractivity contribution >= 4 is 22.6 Å². The van der Waals surface area contributed by atoms with Crippen molar-refractivity contribution in [2.45, 2.75) is 44.3 Å². The van der Waals surface area contributed by atoms with Gasteiger partial charge >= 0.3 is 12.1 Å². The lowest BCUT2D eigenvalue weighted by Crippen LogP contribution is -2.47. The molecule has 1 fully saturated rings. The zero-order chi connectivity index (χ0) is 24.0. The van der Waals surface area contributed by atoms with Gasteiger partial charge in [0.2, 0.25) is 11.7 Å². The van der Waals surface area contributed by atoms with Crippen LogP contribution in [0.25, 0.3) is 10.8 Å². The van der Waals surface area contributed by atoms with Gasteiger partial charge in [0.05, 0.1) is 17.2 Å². The molecule has 1 atom stereocenters. The summed E-state index contributed by atoms with van der Waals surface area (Å²) in [7, 11) is 1.66. The number of fused-ring (bicyclic) bond motifs is 1. The smallest absolute Gasteiger partial charge is 0.427 e. The Morgan fingerprint density at radius 2 is 1.85 bits per heavy atom. The number of likely N-dealkylation sites (N-methyl/N-ethyl adjacent to an activating group) is 1. The third-order valence-electron chi connectivity index (χ3n) is 6.04. The van der Waals surface area contributed by atoms with Crippen LogP contribution in [-0.2, 0) is 11.0 Å². The monoisotopic (exact) mass is 459 g/mol. The highest BCUT2D eigenvalue weighted by Crippen LogP contribution is 2.37. The van der Waals surface area contributed by atoms with Gasteiger partial charge < -0.3 is 14.6 Å². The first-order chi connectivity index (χ1) is 15.5. The number of carbonyl (C=O) groups excluding carboxylic acids is 2. The molecule has 0 spiro atoms. The third kappa shape index (κ3) is 4.72. The van der Waals surface area contributed by atoms with E-state index in [0.717, 1.165) is 16.3 Å². The standard InChI is InChI=1S/C24H24F3N3O3/c1-14(17-9-8-16-6-4-5-7-18(16)12-17)21(32)30(3)13-23(10-11-23)29-20(31)19-15(2)28-22(33-19)24(25,26)27/h4-9,12,14H,10-11,13H2,1-3H3,(H,29,31). The summed E-state index contributed by atoms with van der Waals surface area (Å²) in [5, 5.41) is 4.88. The van der Waals surface area contributed by atoms with Gasteiger partial charge in [-0.25, -0.2) is 4.98 Å². The fourth-order valence-electron chi connectivity index (χ4n) is 3.98. The Kier molecular flexibility index (Phi) is 5.67. The van der Waals surface area contributed by atoms with Crippen LogP contribution in [0.15, 0.2) is 46.9 Å². The molecule has 9 heteroatoms. The minimum Gasteiger partial charge on any atom is -0.427 e. The number of alkyl halides is 3. The van der Waals surface area contributed by atoms with E-state index in [9.17, 15) is 22.8 Å². The maximum atomic E-state index is 13.1. The first-order valence-corrected chi connectivity index (χ1v) is 10.6. The Hall–Kier alpha value is -3.36. The second-order valence-corrected chi connectivity index (χ2v) is 8.69. The quantitative estimate of drug-likeness (QED) is 0.581. The van der Waals surface area contributed by atoms with E-state index in [1.807, 2.05) is 49.4 Å². The molecule has 2 amide bonds. The topological polar surface area (TPSA) is 75.4 Å². The Bertz CT molecular complexity index is 1210. The van der Waals surface area contributed by atoms with E-state index in [2.05, 4.69) is 14.7 Å². The first kappa shape index (κ1) is 22.8. The molecule has 1 heterocycles. The van der Waals surface area contributed by atoms with Crippen LogP contribution in [0.5, 0.6) is 0 Å². The molecule has 3 aromatic rings. The molecule has 1 aliphatic rings. The third-order valence-corrected chi connectivity index (χ3v) is 6.04. The zero-order valence-electron chi connectivity index (χ0n) is 18.5. The Morgan fingerprint density at radius 1 is 1.18 bits per heavy atom. The molecular weight excluding hydrogens is 435 g/mol. The number of rotatable bonds is 6. The Balaban J connectivity index is 1.43. The molecule has 0 aliphatic heterocycles. The van der Waals surface area contributed by atoms with Crippen molar-refractivity contribution in [1.82, 2.24) is 15.2 Å². The number of nitrogens with zero attached hydrogens (tertiary/aromatic N) is 2. The molecule has 0 bridgehead atoms. The van der Waals surface area contributed by atoms with E-state index in [1.54, 1.807) is 11.9 Å². The zero-order valence-corrected chi connectivity index (χ0v) is 18.5. The molecule has 6 nitrogen and oxygen atoms in total. The molecular formula is C24H24F3N3O3. The average molecular weight is 459 g/mol. The number of aryl methyl sites for hydroxylation is 1. The van der Waals surface area contributed by atoms with Gasteiger partial charge in [0, 0.05) is 13.6 Å². The van der Waals surface area contributed by atoms with Gasteiger partial charge in [-0.15, -0.1) is 0 Å². The number of hydrogen-bond donors (Lipinski definition) is 1. The molecule has 1 aromatic heterocycles. The van der Waals surface area contributed by atoms with Crippen molar-refractivity contribution in [3.05, 3.63) is 65.4 Å². The number of amides is 2. The van der Waals surface area contributed by atoms with Crippen LogP contribution in [-0.4, -0.2) is 40.8 Å². The van der Waals surface area contributed by atoms with E-state index >= 15 is 0 Å². The van der Waals surface area contributed by atoms with Gasteiger partial charge in [0.25, 0.3) is 5.91 Å². The molecule has 4 rings (SSSR count). The van der Waals surface area contributed by atoms with E-state index in [-0.39, 0.29) is 18.1 Å². The van der Waals surface area contributed by atoms with Crippen LogP contribution in [0.1, 0.15) is 53.4 Å². The van der Waals surface area contributed by atoms with Crippen LogP contribution in [0.3, 0.4) is 0 Å². The van der Waals surface area contributed by atoms with E-state index in [0.29, 0.717) is 12.8 Å². The lowest BCUT2D eigenvalue weighted by Gasteiger charge is -2.27. The molecule has 2 aromatic carbocycles. The Labute approximate surface area is 188 Å². The minimum atomic E-state index is -4.77. The number of benzene rings is 2. The van der Waals surface area contributed by atoms with Gasteiger partial charge in [-0.2, -0.15) is 13.2 Å². The molecule has 33 heavy (non-hydrogen) atoms. The van der Waals surface area contributed by atoms with Crippen LogP contribution in [0.2, 0.25) is 0 Å². The summed E-state index contributed by atoms with van der Waals surface area (Å²) in [5.41, 5.74) is 0.0590. The number of carbonyl (C=O) groups is 2. The lowest BCUT2D eigenvalue weighted by molar-refractivity contribution is -0.157. The fourth-order valence-corrected chi connectivity index (χ4v) is 3.98. The minimum absolute atomic E-state index is 0.110. The number of nitrogens with one attached hydrogen (secondary N) is 1. The normalized spacial score (nSPS) is 15.8. The first-order valence-electron chi connectivity index (χ1n) is 10.6. The summed E-state index contributed by atoms with van der Waals surface area (Å²) in [6.45, 7) is 3.36. The van der Waals surface area contributed by atoms with Crippen LogP contribution in [0, 0.1) is 6.92 Å². The summed E-state index contributed by atoms with van der Waals surface area (Å²) in [4.78, 5) is 30.5. The highest BCUT2D eigenvalue weighted by Gasteiger charge is 2.47. The maximum absolute atomic E-state index is 13.1. The van der Waals surface area contributed by atoms with E-state index in [1.165, 1.54) is 6.92 Å². The summed E-state index contributed by atoms with van der Waals surface area (Å²) in [6, 6.07) is 13.8. The summed E-state index contributed by atoms with van der Waals surface area (Å²) in [6.07, 6.45) is -3.55. The highest BCUT2D eigenvalue weighted by molar-refractivity contribution is 5.93. The molecule has 0 radical (unpaired) electrons. The van der Waals surface area contributed by atoms with Crippen LogP contribution in [0.4, 0.5) is 13.2 Å². The van der Waals surface area contributed by atoms with Gasteiger partial charge in [-0.1, -0.05) is 42.5 Å². The van der Waals surface area contributed by atoms with Crippen molar-refractivity contribution in [3.8, 4) is 0 Å². The summed E-state index contributed by atoms with van der Waals surface area (Å²) in [5.74, 6) is -3.19. The summed E-state index contributed by atoms with van der Waals surface area (Å²) >= 11 is 0. The molecule has 1 saturated carbocycles. The lowest BCUT2D eigenvalue weighted by atomic mass is 9.96. The van der Waals surface area contributed by atoms with Crippen molar-refractivity contribution in [2.24, 2.45) is 0 Å². The van der Waals surface area contributed by atoms with E-state index in [4.69, 9.17) is 0 Å². The highest BCUT2D eigenvalue weighted by atomic mass is 19.4. The van der Waals surface area contributed by atoms with Gasteiger partial charge in [0.1, 0.15) is 0 Å². The molecule has 0 saturated heterocycles. The summed E-state index contributed by atoms with van der Waals surface area (Å²) < 4.78 is 43.1. The molecule has 1 aliphatic carbocycles. The van der Waals surface area contributed by atoms with E-state index < -0.39 is 35.2 Å². The predicted octanol–water partition coefficient (Wildman–Crippen LogP) is 4.68.